The molecule has 116 valence electrons. The maximum atomic E-state index is 12.2. The highest BCUT2D eigenvalue weighted by molar-refractivity contribution is 5.96. The molecule has 22 heavy (non-hydrogen) atoms. The number of amides is 1. The maximum Gasteiger partial charge on any atom is 0.326 e. The molecule has 2 heterocycles. The fourth-order valence-electron chi connectivity index (χ4n) is 2.00. The maximum absolute atomic E-state index is 12.2. The Morgan fingerprint density at radius 2 is 2.23 bits per heavy atom. The summed E-state index contributed by atoms with van der Waals surface area (Å²) in [6.45, 7) is 1.97. The first-order valence-electron chi connectivity index (χ1n) is 7.11. The van der Waals surface area contributed by atoms with Crippen LogP contribution in [0.3, 0.4) is 0 Å². The fraction of sp³-hybridized carbons (Fsp3) is 0.333. The Hall–Kier alpha value is -2.70. The zero-order chi connectivity index (χ0) is 15.9. The van der Waals surface area contributed by atoms with E-state index < -0.39 is 17.9 Å². The third kappa shape index (κ3) is 3.91. The van der Waals surface area contributed by atoms with Gasteiger partial charge in [-0.1, -0.05) is 19.8 Å². The van der Waals surface area contributed by atoms with Crippen molar-refractivity contribution in [2.75, 3.05) is 0 Å². The van der Waals surface area contributed by atoms with E-state index in [1.807, 2.05) is 6.92 Å². The van der Waals surface area contributed by atoms with E-state index >= 15 is 0 Å². The van der Waals surface area contributed by atoms with Crippen molar-refractivity contribution in [2.24, 2.45) is 0 Å². The van der Waals surface area contributed by atoms with Crippen LogP contribution in [-0.2, 0) is 4.79 Å². The van der Waals surface area contributed by atoms with E-state index in [1.165, 1.54) is 10.9 Å². The van der Waals surface area contributed by atoms with Crippen molar-refractivity contribution in [1.29, 1.82) is 0 Å². The van der Waals surface area contributed by atoms with Crippen LogP contribution in [0.1, 0.15) is 36.5 Å². The van der Waals surface area contributed by atoms with Gasteiger partial charge in [0.25, 0.3) is 5.91 Å². The molecule has 0 aliphatic heterocycles. The van der Waals surface area contributed by atoms with Gasteiger partial charge in [0.05, 0.1) is 0 Å². The summed E-state index contributed by atoms with van der Waals surface area (Å²) in [5, 5.41) is 15.7. The number of carboxylic acid groups (broad SMARTS) is 1. The number of carbonyl (C=O) groups excluding carboxylic acids is 1. The second-order valence-corrected chi connectivity index (χ2v) is 4.86. The molecule has 2 aromatic heterocycles. The molecule has 2 aromatic rings. The average Bonchev–Trinajstić information content (AvgIpc) is 3.05. The van der Waals surface area contributed by atoms with Crippen molar-refractivity contribution in [3.8, 4) is 5.82 Å². The summed E-state index contributed by atoms with van der Waals surface area (Å²) in [6.07, 6.45) is 6.85. The quantitative estimate of drug-likeness (QED) is 0.810. The second kappa shape index (κ2) is 7.35. The highest BCUT2D eigenvalue weighted by Crippen LogP contribution is 2.08. The number of carboxylic acids is 1. The number of pyridine rings is 1. The van der Waals surface area contributed by atoms with Crippen molar-refractivity contribution in [3.63, 3.8) is 0 Å². The summed E-state index contributed by atoms with van der Waals surface area (Å²) in [5.74, 6) is -0.958. The van der Waals surface area contributed by atoms with Gasteiger partial charge in [0.15, 0.2) is 5.82 Å². The van der Waals surface area contributed by atoms with Crippen LogP contribution in [0.5, 0.6) is 0 Å². The lowest BCUT2D eigenvalue weighted by Crippen LogP contribution is -2.40. The summed E-state index contributed by atoms with van der Waals surface area (Å²) in [4.78, 5) is 27.5. The molecule has 0 saturated carbocycles. The van der Waals surface area contributed by atoms with Gasteiger partial charge in [0, 0.05) is 24.2 Å². The molecular formula is C15H18N4O3. The molecule has 0 bridgehead atoms. The van der Waals surface area contributed by atoms with Gasteiger partial charge in [-0.25, -0.2) is 14.5 Å². The molecule has 7 nitrogen and oxygen atoms in total. The number of hydrogen-bond acceptors (Lipinski definition) is 4. The minimum Gasteiger partial charge on any atom is -0.480 e. The Morgan fingerprint density at radius 3 is 2.86 bits per heavy atom. The largest absolute Gasteiger partial charge is 0.480 e. The van der Waals surface area contributed by atoms with Crippen LogP contribution in [0.25, 0.3) is 5.82 Å². The number of nitrogens with zero attached hydrogens (tertiary/aromatic N) is 3. The van der Waals surface area contributed by atoms with Gasteiger partial charge in [-0.15, -0.1) is 0 Å². The average molecular weight is 302 g/mol. The number of aromatic nitrogens is 3. The van der Waals surface area contributed by atoms with Gasteiger partial charge in [0.1, 0.15) is 6.04 Å². The molecule has 0 saturated heterocycles. The number of rotatable bonds is 7. The molecule has 0 aliphatic rings. The Bertz CT molecular complexity index is 640. The van der Waals surface area contributed by atoms with Gasteiger partial charge < -0.3 is 10.4 Å². The zero-order valence-corrected chi connectivity index (χ0v) is 12.3. The Balaban J connectivity index is 2.12. The predicted molar refractivity (Wildman–Crippen MR) is 79.8 cm³/mol. The minimum atomic E-state index is -1.02. The Kier molecular flexibility index (Phi) is 5.24. The minimum absolute atomic E-state index is 0.350. The summed E-state index contributed by atoms with van der Waals surface area (Å²) < 4.78 is 1.53. The first-order valence-corrected chi connectivity index (χ1v) is 7.11. The molecule has 2 N–H and O–H groups in total. The Morgan fingerprint density at radius 1 is 1.41 bits per heavy atom. The highest BCUT2D eigenvalue weighted by atomic mass is 16.4. The fourth-order valence-corrected chi connectivity index (χ4v) is 2.00. The molecule has 0 spiro atoms. The topological polar surface area (TPSA) is 97.1 Å². The van der Waals surface area contributed by atoms with Crippen LogP contribution in [0.15, 0.2) is 36.8 Å². The second-order valence-electron chi connectivity index (χ2n) is 4.86. The van der Waals surface area contributed by atoms with Gasteiger partial charge >= 0.3 is 5.97 Å². The summed E-state index contributed by atoms with van der Waals surface area (Å²) in [5.41, 5.74) is 0.350. The third-order valence-corrected chi connectivity index (χ3v) is 3.20. The summed E-state index contributed by atoms with van der Waals surface area (Å²) in [7, 11) is 0. The van der Waals surface area contributed by atoms with Crippen LogP contribution in [0, 0.1) is 0 Å². The lowest BCUT2D eigenvalue weighted by molar-refractivity contribution is -0.139. The zero-order valence-electron chi connectivity index (χ0n) is 12.3. The normalized spacial score (nSPS) is 11.9. The molecule has 1 atom stereocenters. The lowest BCUT2D eigenvalue weighted by Gasteiger charge is -2.14. The monoisotopic (exact) mass is 302 g/mol. The number of aliphatic carboxylic acids is 1. The van der Waals surface area contributed by atoms with E-state index in [2.05, 4.69) is 15.4 Å². The molecule has 7 heteroatoms. The van der Waals surface area contributed by atoms with E-state index in [4.69, 9.17) is 5.11 Å². The third-order valence-electron chi connectivity index (χ3n) is 3.20. The van der Waals surface area contributed by atoms with E-state index in [-0.39, 0.29) is 0 Å². The van der Waals surface area contributed by atoms with Crippen molar-refractivity contribution < 1.29 is 14.7 Å². The van der Waals surface area contributed by atoms with Crippen molar-refractivity contribution in [2.45, 2.75) is 32.2 Å². The molecule has 2 rings (SSSR count). The van der Waals surface area contributed by atoms with Crippen LogP contribution in [-0.4, -0.2) is 37.8 Å². The summed E-state index contributed by atoms with van der Waals surface area (Å²) >= 11 is 0. The first kappa shape index (κ1) is 15.7. The van der Waals surface area contributed by atoms with E-state index in [0.29, 0.717) is 17.8 Å². The number of hydrogen-bond donors (Lipinski definition) is 2. The summed E-state index contributed by atoms with van der Waals surface area (Å²) in [6, 6.07) is 3.98. The SMILES string of the molecule is CCCCC(NC(=O)c1ccnc(-n2cccn2)c1)C(=O)O. The molecular weight excluding hydrogens is 284 g/mol. The first-order chi connectivity index (χ1) is 10.6. The molecule has 0 radical (unpaired) electrons. The standard InChI is InChI=1S/C15H18N4O3/c1-2-3-5-12(15(21)22)18-14(20)11-6-8-16-13(10-11)19-9-4-7-17-19/h4,6-10,12H,2-3,5H2,1H3,(H,18,20)(H,21,22). The van der Waals surface area contributed by atoms with Crippen LogP contribution >= 0.6 is 0 Å². The van der Waals surface area contributed by atoms with Crippen LogP contribution in [0.4, 0.5) is 0 Å². The van der Waals surface area contributed by atoms with Crippen LogP contribution in [0.2, 0.25) is 0 Å². The van der Waals surface area contributed by atoms with E-state index in [9.17, 15) is 9.59 Å². The number of carbonyl (C=O) groups is 2. The number of nitrogens with one attached hydrogen (secondary N) is 1. The van der Waals surface area contributed by atoms with E-state index in [1.54, 1.807) is 30.6 Å². The molecule has 1 amide bonds. The van der Waals surface area contributed by atoms with Gasteiger partial charge in [-0.3, -0.25) is 4.79 Å². The molecule has 0 fully saturated rings. The van der Waals surface area contributed by atoms with Crippen molar-refractivity contribution in [3.05, 3.63) is 42.4 Å². The van der Waals surface area contributed by atoms with Gasteiger partial charge in [-0.05, 0) is 24.6 Å². The lowest BCUT2D eigenvalue weighted by atomic mass is 10.1. The predicted octanol–water partition coefficient (Wildman–Crippen LogP) is 1.64. The van der Waals surface area contributed by atoms with Crippen molar-refractivity contribution in [1.82, 2.24) is 20.1 Å². The molecule has 0 aliphatic carbocycles. The Labute approximate surface area is 128 Å². The van der Waals surface area contributed by atoms with Crippen LogP contribution < -0.4 is 5.32 Å². The van der Waals surface area contributed by atoms with E-state index in [0.717, 1.165) is 12.8 Å². The number of unbranched alkanes of at least 4 members (excludes halogenated alkanes) is 1. The molecule has 1 unspecified atom stereocenters. The van der Waals surface area contributed by atoms with Gasteiger partial charge in [0.2, 0.25) is 0 Å². The highest BCUT2D eigenvalue weighted by Gasteiger charge is 2.20. The van der Waals surface area contributed by atoms with Crippen molar-refractivity contribution >= 4 is 11.9 Å². The molecule has 0 aromatic carbocycles. The smallest absolute Gasteiger partial charge is 0.326 e. The van der Waals surface area contributed by atoms with Gasteiger partial charge in [-0.2, -0.15) is 5.10 Å².